The predicted octanol–water partition coefficient (Wildman–Crippen LogP) is 2.57. The Morgan fingerprint density at radius 1 is 1.22 bits per heavy atom. The van der Waals surface area contributed by atoms with Crippen molar-refractivity contribution in [2.45, 2.75) is 0 Å². The Morgan fingerprint density at radius 3 is 2.50 bits per heavy atom. The number of rotatable bonds is 2. The summed E-state index contributed by atoms with van der Waals surface area (Å²) in [6.07, 6.45) is 3.36. The molecular weight excluding hydrogens is 282 g/mol. The second-order valence-corrected chi connectivity index (χ2v) is 3.89. The molecule has 18 heavy (non-hydrogen) atoms. The van der Waals surface area contributed by atoms with Gasteiger partial charge in [-0.1, -0.05) is 23.2 Å². The number of carbonyl (C=O) groups excluding carboxylic acids is 1. The van der Waals surface area contributed by atoms with Gasteiger partial charge in [-0.3, -0.25) is 9.78 Å². The van der Waals surface area contributed by atoms with E-state index in [1.54, 1.807) is 0 Å². The van der Waals surface area contributed by atoms with Crippen LogP contribution in [-0.2, 0) is 0 Å². The summed E-state index contributed by atoms with van der Waals surface area (Å²) in [6, 6.07) is 1.04. The highest BCUT2D eigenvalue weighted by atomic mass is 35.5. The molecule has 8 heteroatoms. The van der Waals surface area contributed by atoms with E-state index in [2.05, 4.69) is 20.3 Å². The average Bonchev–Trinajstić information content (AvgIpc) is 2.34. The van der Waals surface area contributed by atoms with E-state index in [4.69, 9.17) is 23.2 Å². The van der Waals surface area contributed by atoms with E-state index in [1.165, 1.54) is 6.20 Å². The molecule has 2 aromatic heterocycles. The van der Waals surface area contributed by atoms with Crippen molar-refractivity contribution in [2.75, 3.05) is 5.32 Å². The highest BCUT2D eigenvalue weighted by molar-refractivity contribution is 6.38. The number of nitrogens with one attached hydrogen (secondary N) is 1. The highest BCUT2D eigenvalue weighted by Gasteiger charge is 2.13. The van der Waals surface area contributed by atoms with Crippen LogP contribution in [-0.4, -0.2) is 20.9 Å². The SMILES string of the molecule is O=C(Nc1c(Cl)ncnc1Cl)c1cncc(F)c1. The smallest absolute Gasteiger partial charge is 0.257 e. The molecule has 0 aliphatic carbocycles. The third kappa shape index (κ3) is 2.72. The fourth-order valence-electron chi connectivity index (χ4n) is 1.17. The van der Waals surface area contributed by atoms with Gasteiger partial charge in [-0.05, 0) is 6.07 Å². The minimum absolute atomic E-state index is 0.00675. The van der Waals surface area contributed by atoms with Crippen LogP contribution < -0.4 is 5.32 Å². The molecule has 0 saturated heterocycles. The molecule has 0 unspecified atom stereocenters. The van der Waals surface area contributed by atoms with Crippen LogP contribution in [0.4, 0.5) is 10.1 Å². The van der Waals surface area contributed by atoms with Gasteiger partial charge in [0.25, 0.3) is 5.91 Å². The first-order chi connectivity index (χ1) is 8.58. The molecule has 0 aliphatic heterocycles. The van der Waals surface area contributed by atoms with Crippen molar-refractivity contribution in [1.29, 1.82) is 0 Å². The number of hydrogen-bond acceptors (Lipinski definition) is 4. The van der Waals surface area contributed by atoms with E-state index >= 15 is 0 Å². The summed E-state index contributed by atoms with van der Waals surface area (Å²) in [5, 5.41) is 2.37. The Kier molecular flexibility index (Phi) is 3.69. The van der Waals surface area contributed by atoms with Crippen molar-refractivity contribution in [2.24, 2.45) is 0 Å². The zero-order valence-corrected chi connectivity index (χ0v) is 10.2. The highest BCUT2D eigenvalue weighted by Crippen LogP contribution is 2.26. The minimum Gasteiger partial charge on any atom is -0.317 e. The summed E-state index contributed by atoms with van der Waals surface area (Å²) in [7, 11) is 0. The number of aromatic nitrogens is 3. The Balaban J connectivity index is 2.27. The van der Waals surface area contributed by atoms with Gasteiger partial charge in [-0.25, -0.2) is 14.4 Å². The first-order valence-electron chi connectivity index (χ1n) is 4.66. The topological polar surface area (TPSA) is 67.8 Å². The zero-order chi connectivity index (χ0) is 13.1. The Hall–Kier alpha value is -1.79. The van der Waals surface area contributed by atoms with Crippen molar-refractivity contribution in [3.63, 3.8) is 0 Å². The lowest BCUT2D eigenvalue weighted by Gasteiger charge is -2.07. The first-order valence-corrected chi connectivity index (χ1v) is 5.41. The van der Waals surface area contributed by atoms with Gasteiger partial charge in [0.2, 0.25) is 0 Å². The number of halogens is 3. The van der Waals surface area contributed by atoms with Gasteiger partial charge in [-0.2, -0.15) is 0 Å². The fraction of sp³-hybridized carbons (Fsp3) is 0. The Bertz CT molecular complexity index is 588. The normalized spacial score (nSPS) is 10.2. The van der Waals surface area contributed by atoms with Gasteiger partial charge in [0, 0.05) is 6.20 Å². The lowest BCUT2D eigenvalue weighted by Crippen LogP contribution is -2.14. The summed E-state index contributed by atoms with van der Waals surface area (Å²) >= 11 is 11.5. The molecule has 5 nitrogen and oxygen atoms in total. The molecule has 2 rings (SSSR count). The number of anilines is 1. The van der Waals surface area contributed by atoms with E-state index in [9.17, 15) is 9.18 Å². The maximum absolute atomic E-state index is 12.9. The van der Waals surface area contributed by atoms with Crippen molar-refractivity contribution in [1.82, 2.24) is 15.0 Å². The predicted molar refractivity (Wildman–Crippen MR) is 64.2 cm³/mol. The molecular formula is C10H5Cl2FN4O. The summed E-state index contributed by atoms with van der Waals surface area (Å²) < 4.78 is 12.9. The van der Waals surface area contributed by atoms with Crippen LogP contribution in [0.2, 0.25) is 10.3 Å². The van der Waals surface area contributed by atoms with Gasteiger partial charge in [-0.15, -0.1) is 0 Å². The van der Waals surface area contributed by atoms with Crippen LogP contribution in [0, 0.1) is 5.82 Å². The monoisotopic (exact) mass is 286 g/mol. The Labute approximate surface area is 111 Å². The lowest BCUT2D eigenvalue weighted by atomic mass is 10.2. The van der Waals surface area contributed by atoms with Crippen molar-refractivity contribution in [3.05, 3.63) is 46.5 Å². The van der Waals surface area contributed by atoms with Gasteiger partial charge < -0.3 is 5.32 Å². The van der Waals surface area contributed by atoms with E-state index in [-0.39, 0.29) is 21.6 Å². The number of hydrogen-bond donors (Lipinski definition) is 1. The standard InChI is InChI=1S/C10H5Cl2FN4O/c11-8-7(9(12)16-4-15-8)17-10(18)5-1-6(13)3-14-2-5/h1-4H,(H,17,18). The molecule has 0 aromatic carbocycles. The van der Waals surface area contributed by atoms with Gasteiger partial charge >= 0.3 is 0 Å². The maximum atomic E-state index is 12.9. The molecule has 0 spiro atoms. The quantitative estimate of drug-likeness (QED) is 0.862. The van der Waals surface area contributed by atoms with Gasteiger partial charge in [0.1, 0.15) is 17.8 Å². The van der Waals surface area contributed by atoms with Crippen molar-refractivity contribution < 1.29 is 9.18 Å². The second kappa shape index (κ2) is 5.24. The molecule has 2 heterocycles. The summed E-state index contributed by atoms with van der Waals surface area (Å²) in [5.41, 5.74) is 0.0982. The molecule has 0 saturated carbocycles. The Morgan fingerprint density at radius 2 is 1.89 bits per heavy atom. The average molecular weight is 287 g/mol. The van der Waals surface area contributed by atoms with Crippen LogP contribution in [0.3, 0.4) is 0 Å². The summed E-state index contributed by atoms with van der Waals surface area (Å²) in [4.78, 5) is 22.7. The third-order valence-electron chi connectivity index (χ3n) is 1.96. The minimum atomic E-state index is -0.621. The van der Waals surface area contributed by atoms with Gasteiger partial charge in [0.15, 0.2) is 10.3 Å². The van der Waals surface area contributed by atoms with Crippen LogP contribution in [0.1, 0.15) is 10.4 Å². The van der Waals surface area contributed by atoms with Crippen molar-refractivity contribution >= 4 is 34.8 Å². The number of nitrogens with zero attached hydrogens (tertiary/aromatic N) is 3. The third-order valence-corrected chi connectivity index (χ3v) is 2.53. The number of amides is 1. The van der Waals surface area contributed by atoms with Crippen LogP contribution in [0.25, 0.3) is 0 Å². The van der Waals surface area contributed by atoms with Crippen LogP contribution >= 0.6 is 23.2 Å². The van der Waals surface area contributed by atoms with Crippen molar-refractivity contribution in [3.8, 4) is 0 Å². The zero-order valence-electron chi connectivity index (χ0n) is 8.69. The molecule has 1 amide bonds. The van der Waals surface area contributed by atoms with Crippen LogP contribution in [0.15, 0.2) is 24.8 Å². The van der Waals surface area contributed by atoms with E-state index in [1.807, 2.05) is 0 Å². The van der Waals surface area contributed by atoms with E-state index in [0.717, 1.165) is 18.6 Å². The lowest BCUT2D eigenvalue weighted by molar-refractivity contribution is 0.102. The summed E-state index contributed by atoms with van der Waals surface area (Å²) in [5.74, 6) is -1.23. The maximum Gasteiger partial charge on any atom is 0.257 e. The largest absolute Gasteiger partial charge is 0.317 e. The molecule has 0 fully saturated rings. The number of pyridine rings is 1. The molecule has 92 valence electrons. The van der Waals surface area contributed by atoms with Crippen LogP contribution in [0.5, 0.6) is 0 Å². The second-order valence-electron chi connectivity index (χ2n) is 3.18. The number of carbonyl (C=O) groups is 1. The first kappa shape index (κ1) is 12.7. The molecule has 0 atom stereocenters. The summed E-state index contributed by atoms with van der Waals surface area (Å²) in [6.45, 7) is 0. The molecule has 0 aliphatic rings. The van der Waals surface area contributed by atoms with Gasteiger partial charge in [0.05, 0.1) is 11.8 Å². The molecule has 1 N–H and O–H groups in total. The fourth-order valence-corrected chi connectivity index (χ4v) is 1.58. The molecule has 0 bridgehead atoms. The van der Waals surface area contributed by atoms with E-state index in [0.29, 0.717) is 0 Å². The van der Waals surface area contributed by atoms with E-state index < -0.39 is 11.7 Å². The molecule has 2 aromatic rings. The molecule has 0 radical (unpaired) electrons.